The van der Waals surface area contributed by atoms with Crippen LogP contribution in [0.15, 0.2) is 28.7 Å². The molecule has 1 aromatic carbocycles. The molecule has 1 aromatic heterocycles. The predicted octanol–water partition coefficient (Wildman–Crippen LogP) is 4.08. The summed E-state index contributed by atoms with van der Waals surface area (Å²) in [6.07, 6.45) is 0. The van der Waals surface area contributed by atoms with Gasteiger partial charge in [-0.05, 0) is 47.1 Å². The van der Waals surface area contributed by atoms with E-state index < -0.39 is 0 Å². The van der Waals surface area contributed by atoms with E-state index in [-0.39, 0.29) is 0 Å². The van der Waals surface area contributed by atoms with Gasteiger partial charge in [0.15, 0.2) is 0 Å². The highest BCUT2D eigenvalue weighted by molar-refractivity contribution is 9.10. The molecule has 2 rings (SSSR count). The molecule has 0 aliphatic carbocycles. The minimum absolute atomic E-state index is 0.744. The number of anilines is 1. The van der Waals surface area contributed by atoms with E-state index in [1.54, 1.807) is 18.4 Å². The summed E-state index contributed by atoms with van der Waals surface area (Å²) in [7, 11) is 1.67. The van der Waals surface area contributed by atoms with Crippen LogP contribution in [-0.2, 0) is 0 Å². The van der Waals surface area contributed by atoms with E-state index in [1.165, 1.54) is 4.88 Å². The zero-order chi connectivity index (χ0) is 11.7. The maximum absolute atomic E-state index is 5.81. The van der Waals surface area contributed by atoms with Crippen molar-refractivity contribution in [3.63, 3.8) is 0 Å². The summed E-state index contributed by atoms with van der Waals surface area (Å²) >= 11 is 5.28. The molecule has 0 aliphatic rings. The Balaban J connectivity index is 2.62. The van der Waals surface area contributed by atoms with Gasteiger partial charge in [-0.25, -0.2) is 0 Å². The molecule has 0 bridgehead atoms. The second-order valence-corrected chi connectivity index (χ2v) is 5.60. The first-order valence-corrected chi connectivity index (χ1v) is 6.42. The lowest BCUT2D eigenvalue weighted by Crippen LogP contribution is -1.90. The number of ether oxygens (including phenoxy) is 1. The highest BCUT2D eigenvalue weighted by Gasteiger charge is 2.12. The maximum Gasteiger partial charge on any atom is 0.127 e. The van der Waals surface area contributed by atoms with E-state index >= 15 is 0 Å². The highest BCUT2D eigenvalue weighted by Crippen LogP contribution is 2.41. The molecule has 0 spiro atoms. The van der Waals surface area contributed by atoms with Crippen LogP contribution >= 0.6 is 27.3 Å². The summed E-state index contributed by atoms with van der Waals surface area (Å²) in [5, 5.41) is 0. The normalized spacial score (nSPS) is 10.4. The van der Waals surface area contributed by atoms with E-state index in [9.17, 15) is 0 Å². The summed E-state index contributed by atoms with van der Waals surface area (Å²) < 4.78 is 6.43. The Kier molecular flexibility index (Phi) is 3.21. The van der Waals surface area contributed by atoms with Crippen LogP contribution < -0.4 is 10.5 Å². The van der Waals surface area contributed by atoms with Gasteiger partial charge in [0.2, 0.25) is 0 Å². The average molecular weight is 298 g/mol. The molecule has 0 saturated carbocycles. The van der Waals surface area contributed by atoms with Crippen molar-refractivity contribution in [3.05, 3.63) is 33.6 Å². The highest BCUT2D eigenvalue weighted by atomic mass is 79.9. The first-order chi connectivity index (χ1) is 7.61. The Morgan fingerprint density at radius 3 is 2.62 bits per heavy atom. The Labute approximate surface area is 107 Å². The van der Waals surface area contributed by atoms with Gasteiger partial charge in [-0.1, -0.05) is 0 Å². The van der Waals surface area contributed by atoms with Gasteiger partial charge in [0.25, 0.3) is 0 Å². The summed E-state index contributed by atoms with van der Waals surface area (Å²) in [4.78, 5) is 2.41. The summed E-state index contributed by atoms with van der Waals surface area (Å²) in [5.41, 5.74) is 7.59. The topological polar surface area (TPSA) is 35.2 Å². The second kappa shape index (κ2) is 4.47. The summed E-state index contributed by atoms with van der Waals surface area (Å²) in [6, 6.07) is 7.78. The fourth-order valence-electron chi connectivity index (χ4n) is 1.57. The molecular weight excluding hydrogens is 286 g/mol. The number of rotatable bonds is 2. The van der Waals surface area contributed by atoms with Gasteiger partial charge in [-0.15, -0.1) is 11.3 Å². The minimum Gasteiger partial charge on any atom is -0.496 e. The lowest BCUT2D eigenvalue weighted by Gasteiger charge is -2.08. The third kappa shape index (κ3) is 2.08. The summed E-state index contributed by atoms with van der Waals surface area (Å²) in [5.74, 6) is 0.844. The standard InChI is InChI=1S/C12H12BrNOS/c1-7-5-10(13)12(16-7)9-6-8(14)3-4-11(9)15-2/h3-6H,14H2,1-2H3. The van der Waals surface area contributed by atoms with Gasteiger partial charge in [-0.2, -0.15) is 0 Å². The third-order valence-corrected chi connectivity index (χ3v) is 4.25. The van der Waals surface area contributed by atoms with Gasteiger partial charge >= 0.3 is 0 Å². The number of nitrogen functional groups attached to an aromatic ring is 1. The van der Waals surface area contributed by atoms with Crippen molar-refractivity contribution in [2.75, 3.05) is 12.8 Å². The van der Waals surface area contributed by atoms with Crippen molar-refractivity contribution in [2.24, 2.45) is 0 Å². The number of aryl methyl sites for hydroxylation is 1. The van der Waals surface area contributed by atoms with Crippen molar-refractivity contribution in [1.29, 1.82) is 0 Å². The molecular formula is C12H12BrNOS. The molecule has 84 valence electrons. The monoisotopic (exact) mass is 297 g/mol. The lowest BCUT2D eigenvalue weighted by molar-refractivity contribution is 0.416. The zero-order valence-corrected chi connectivity index (χ0v) is 11.5. The Morgan fingerprint density at radius 1 is 1.31 bits per heavy atom. The van der Waals surface area contributed by atoms with Crippen LogP contribution in [0.5, 0.6) is 5.75 Å². The van der Waals surface area contributed by atoms with E-state index in [1.807, 2.05) is 18.2 Å². The van der Waals surface area contributed by atoms with Crippen molar-refractivity contribution < 1.29 is 4.74 Å². The minimum atomic E-state index is 0.744. The number of nitrogens with two attached hydrogens (primary N) is 1. The molecule has 0 saturated heterocycles. The molecule has 1 heterocycles. The van der Waals surface area contributed by atoms with Crippen LogP contribution in [0.4, 0.5) is 5.69 Å². The number of hydrogen-bond acceptors (Lipinski definition) is 3. The molecule has 2 aromatic rings. The van der Waals surface area contributed by atoms with E-state index in [2.05, 4.69) is 28.9 Å². The fourth-order valence-corrected chi connectivity index (χ4v) is 3.45. The number of hydrogen-bond donors (Lipinski definition) is 1. The molecule has 0 fully saturated rings. The van der Waals surface area contributed by atoms with Gasteiger partial charge < -0.3 is 10.5 Å². The fraction of sp³-hybridized carbons (Fsp3) is 0.167. The average Bonchev–Trinajstić information content (AvgIpc) is 2.57. The zero-order valence-electron chi connectivity index (χ0n) is 9.08. The molecule has 0 radical (unpaired) electrons. The molecule has 0 atom stereocenters. The molecule has 0 unspecified atom stereocenters. The quantitative estimate of drug-likeness (QED) is 0.848. The summed E-state index contributed by atoms with van der Waals surface area (Å²) in [6.45, 7) is 2.08. The first-order valence-electron chi connectivity index (χ1n) is 4.81. The van der Waals surface area contributed by atoms with Gasteiger partial charge in [0.05, 0.1) is 12.0 Å². The number of halogens is 1. The Morgan fingerprint density at radius 2 is 2.06 bits per heavy atom. The Hall–Kier alpha value is -1.00. The maximum atomic E-state index is 5.81. The van der Waals surface area contributed by atoms with Crippen LogP contribution in [0.25, 0.3) is 10.4 Å². The van der Waals surface area contributed by atoms with E-state index in [4.69, 9.17) is 10.5 Å². The number of methoxy groups -OCH3 is 1. The largest absolute Gasteiger partial charge is 0.496 e. The Bertz CT molecular complexity index is 522. The van der Waals surface area contributed by atoms with Crippen LogP contribution in [-0.4, -0.2) is 7.11 Å². The third-order valence-electron chi connectivity index (χ3n) is 2.28. The van der Waals surface area contributed by atoms with Gasteiger partial charge in [-0.3, -0.25) is 0 Å². The molecule has 2 nitrogen and oxygen atoms in total. The van der Waals surface area contributed by atoms with Crippen molar-refractivity contribution >= 4 is 33.0 Å². The smallest absolute Gasteiger partial charge is 0.127 e. The molecule has 0 aliphatic heterocycles. The van der Waals surface area contributed by atoms with Crippen LogP contribution in [0.1, 0.15) is 4.88 Å². The number of thiophene rings is 1. The van der Waals surface area contributed by atoms with E-state index in [0.717, 1.165) is 26.4 Å². The van der Waals surface area contributed by atoms with Gasteiger partial charge in [0, 0.05) is 20.6 Å². The van der Waals surface area contributed by atoms with Crippen molar-refractivity contribution in [1.82, 2.24) is 0 Å². The van der Waals surface area contributed by atoms with Gasteiger partial charge in [0.1, 0.15) is 5.75 Å². The lowest BCUT2D eigenvalue weighted by atomic mass is 10.1. The van der Waals surface area contributed by atoms with Crippen molar-refractivity contribution in [2.45, 2.75) is 6.92 Å². The van der Waals surface area contributed by atoms with Crippen LogP contribution in [0.2, 0.25) is 0 Å². The van der Waals surface area contributed by atoms with E-state index in [0.29, 0.717) is 0 Å². The molecule has 2 N–H and O–H groups in total. The van der Waals surface area contributed by atoms with Crippen molar-refractivity contribution in [3.8, 4) is 16.2 Å². The second-order valence-electron chi connectivity index (χ2n) is 3.49. The molecule has 4 heteroatoms. The molecule has 16 heavy (non-hydrogen) atoms. The SMILES string of the molecule is COc1ccc(N)cc1-c1sc(C)cc1Br. The molecule has 0 amide bonds. The van der Waals surface area contributed by atoms with Crippen LogP contribution in [0.3, 0.4) is 0 Å². The van der Waals surface area contributed by atoms with Crippen LogP contribution in [0, 0.1) is 6.92 Å². The predicted molar refractivity (Wildman–Crippen MR) is 73.2 cm³/mol. The first kappa shape index (κ1) is 11.5. The number of benzene rings is 1.